The number of nitrogens with one attached hydrogen (secondary N) is 1. The summed E-state index contributed by atoms with van der Waals surface area (Å²) in [5, 5.41) is 4.92. The van der Waals surface area contributed by atoms with Crippen molar-refractivity contribution in [3.8, 4) is 0 Å². The Balaban J connectivity index is 2.58. The average molecular weight is 186 g/mol. The van der Waals surface area contributed by atoms with Gasteiger partial charge in [0, 0.05) is 17.0 Å². The SMILES string of the molecule is CC1=c2nccc3c2=C(CC1)C(=O)N3. The number of hydrogen-bond donors (Lipinski definition) is 1. The summed E-state index contributed by atoms with van der Waals surface area (Å²) >= 11 is 0. The standard InChI is InChI=1S/C11H10N2O/c1-6-2-3-7-9-8(13-11(7)14)4-5-12-10(6)9/h4-5H,2-3H2,1H3,(H,13,14). The molecule has 0 atom stereocenters. The summed E-state index contributed by atoms with van der Waals surface area (Å²) < 4.78 is 0. The third kappa shape index (κ3) is 0.816. The van der Waals surface area contributed by atoms with Gasteiger partial charge in [0.25, 0.3) is 5.91 Å². The van der Waals surface area contributed by atoms with Crippen molar-refractivity contribution >= 4 is 22.7 Å². The van der Waals surface area contributed by atoms with Gasteiger partial charge in [-0.1, -0.05) is 0 Å². The molecule has 2 heterocycles. The van der Waals surface area contributed by atoms with E-state index in [4.69, 9.17) is 0 Å². The first-order valence-electron chi connectivity index (χ1n) is 4.77. The van der Waals surface area contributed by atoms with Crippen LogP contribution in [0.2, 0.25) is 0 Å². The maximum atomic E-state index is 11.6. The predicted molar refractivity (Wildman–Crippen MR) is 53.8 cm³/mol. The van der Waals surface area contributed by atoms with Crippen LogP contribution in [0.1, 0.15) is 19.8 Å². The molecule has 3 nitrogen and oxygen atoms in total. The first-order chi connectivity index (χ1) is 6.77. The van der Waals surface area contributed by atoms with Gasteiger partial charge in [0.05, 0.1) is 11.0 Å². The molecule has 1 aromatic rings. The third-order valence-corrected chi connectivity index (χ3v) is 2.93. The van der Waals surface area contributed by atoms with Crippen LogP contribution in [0.3, 0.4) is 0 Å². The lowest BCUT2D eigenvalue weighted by atomic mass is 9.98. The van der Waals surface area contributed by atoms with Crippen LogP contribution in [0, 0.1) is 0 Å². The molecule has 3 rings (SSSR count). The van der Waals surface area contributed by atoms with Crippen molar-refractivity contribution in [1.29, 1.82) is 0 Å². The normalized spacial score (nSPS) is 18.2. The highest BCUT2D eigenvalue weighted by Crippen LogP contribution is 2.20. The lowest BCUT2D eigenvalue weighted by Gasteiger charge is -2.06. The van der Waals surface area contributed by atoms with Crippen LogP contribution < -0.4 is 15.9 Å². The number of aromatic nitrogens is 1. The fourth-order valence-corrected chi connectivity index (χ4v) is 2.18. The highest BCUT2D eigenvalue weighted by Gasteiger charge is 2.23. The van der Waals surface area contributed by atoms with E-state index in [1.54, 1.807) is 6.20 Å². The van der Waals surface area contributed by atoms with Gasteiger partial charge in [-0.05, 0) is 31.4 Å². The lowest BCUT2D eigenvalue weighted by molar-refractivity contribution is -0.111. The zero-order chi connectivity index (χ0) is 9.71. The molecule has 1 N–H and O–H groups in total. The van der Waals surface area contributed by atoms with Crippen LogP contribution in [0.15, 0.2) is 12.3 Å². The van der Waals surface area contributed by atoms with Gasteiger partial charge in [0.15, 0.2) is 0 Å². The summed E-state index contributed by atoms with van der Waals surface area (Å²) in [6, 6.07) is 1.86. The molecule has 0 aromatic carbocycles. The van der Waals surface area contributed by atoms with Crippen LogP contribution in [-0.2, 0) is 4.79 Å². The molecule has 0 bridgehead atoms. The molecule has 0 radical (unpaired) electrons. The van der Waals surface area contributed by atoms with Crippen LogP contribution in [0.25, 0.3) is 11.1 Å². The molecule has 1 aliphatic carbocycles. The van der Waals surface area contributed by atoms with Gasteiger partial charge in [-0.15, -0.1) is 0 Å². The second-order valence-corrected chi connectivity index (χ2v) is 3.80. The molecular weight excluding hydrogens is 176 g/mol. The molecule has 70 valence electrons. The molecule has 3 heteroatoms. The Morgan fingerprint density at radius 1 is 1.43 bits per heavy atom. The minimum atomic E-state index is 0.0572. The van der Waals surface area contributed by atoms with Gasteiger partial charge >= 0.3 is 0 Å². The highest BCUT2D eigenvalue weighted by atomic mass is 16.1. The quantitative estimate of drug-likeness (QED) is 0.626. The fourth-order valence-electron chi connectivity index (χ4n) is 2.18. The van der Waals surface area contributed by atoms with Crippen molar-refractivity contribution < 1.29 is 4.79 Å². The topological polar surface area (TPSA) is 42.0 Å². The number of carbonyl (C=O) groups excluding carboxylic acids is 1. The molecule has 0 unspecified atom stereocenters. The molecule has 1 aliphatic heterocycles. The van der Waals surface area contributed by atoms with Crippen LogP contribution in [0.5, 0.6) is 0 Å². The van der Waals surface area contributed by atoms with Crippen molar-refractivity contribution in [2.75, 3.05) is 5.32 Å². The molecular formula is C11H10N2O. The first kappa shape index (κ1) is 7.74. The molecule has 1 aromatic heterocycles. The Hall–Kier alpha value is -1.64. The van der Waals surface area contributed by atoms with E-state index < -0.39 is 0 Å². The maximum Gasteiger partial charge on any atom is 0.252 e. The van der Waals surface area contributed by atoms with Crippen LogP contribution in [-0.4, -0.2) is 10.9 Å². The number of carbonyl (C=O) groups is 1. The smallest absolute Gasteiger partial charge is 0.252 e. The van der Waals surface area contributed by atoms with Gasteiger partial charge in [-0.3, -0.25) is 9.78 Å². The zero-order valence-corrected chi connectivity index (χ0v) is 7.92. The lowest BCUT2D eigenvalue weighted by Crippen LogP contribution is -2.33. The van der Waals surface area contributed by atoms with Crippen molar-refractivity contribution in [2.45, 2.75) is 19.8 Å². The number of pyridine rings is 1. The first-order valence-corrected chi connectivity index (χ1v) is 4.77. The Bertz CT molecular complexity index is 557. The maximum absolute atomic E-state index is 11.6. The summed E-state index contributed by atoms with van der Waals surface area (Å²) in [5.74, 6) is 0.0572. The highest BCUT2D eigenvalue weighted by molar-refractivity contribution is 6.24. The van der Waals surface area contributed by atoms with Gasteiger partial charge < -0.3 is 5.32 Å². The monoisotopic (exact) mass is 186 g/mol. The van der Waals surface area contributed by atoms with E-state index in [0.29, 0.717) is 0 Å². The number of anilines is 1. The van der Waals surface area contributed by atoms with Crippen molar-refractivity contribution in [3.63, 3.8) is 0 Å². The molecule has 14 heavy (non-hydrogen) atoms. The number of hydrogen-bond acceptors (Lipinski definition) is 2. The van der Waals surface area contributed by atoms with E-state index in [1.807, 2.05) is 6.07 Å². The average Bonchev–Trinajstić information content (AvgIpc) is 2.50. The minimum Gasteiger partial charge on any atom is -0.322 e. The summed E-state index contributed by atoms with van der Waals surface area (Å²) in [5.41, 5.74) is 3.12. The van der Waals surface area contributed by atoms with E-state index in [9.17, 15) is 4.79 Å². The summed E-state index contributed by atoms with van der Waals surface area (Å²) in [6.45, 7) is 2.09. The Morgan fingerprint density at radius 2 is 2.29 bits per heavy atom. The van der Waals surface area contributed by atoms with Gasteiger partial charge in [0.1, 0.15) is 0 Å². The molecule has 0 saturated heterocycles. The van der Waals surface area contributed by atoms with Crippen LogP contribution >= 0.6 is 0 Å². The second kappa shape index (κ2) is 2.44. The number of rotatable bonds is 0. The largest absolute Gasteiger partial charge is 0.322 e. The third-order valence-electron chi connectivity index (χ3n) is 2.93. The molecule has 0 fully saturated rings. The van der Waals surface area contributed by atoms with Crippen molar-refractivity contribution in [1.82, 2.24) is 4.98 Å². The van der Waals surface area contributed by atoms with E-state index in [1.165, 1.54) is 5.57 Å². The second-order valence-electron chi connectivity index (χ2n) is 3.80. The summed E-state index contributed by atoms with van der Waals surface area (Å²) in [4.78, 5) is 15.9. The molecule has 0 saturated carbocycles. The fraction of sp³-hybridized carbons (Fsp3) is 0.273. The summed E-state index contributed by atoms with van der Waals surface area (Å²) in [6.07, 6.45) is 3.56. The van der Waals surface area contributed by atoms with Crippen molar-refractivity contribution in [3.05, 3.63) is 22.8 Å². The Morgan fingerprint density at radius 3 is 3.14 bits per heavy atom. The Kier molecular flexibility index (Phi) is 1.35. The zero-order valence-electron chi connectivity index (χ0n) is 7.92. The molecule has 0 spiro atoms. The van der Waals surface area contributed by atoms with E-state index in [2.05, 4.69) is 17.2 Å². The molecule has 1 amide bonds. The molecule has 2 aliphatic rings. The Labute approximate surface area is 81.2 Å². The van der Waals surface area contributed by atoms with E-state index in [-0.39, 0.29) is 5.91 Å². The van der Waals surface area contributed by atoms with E-state index >= 15 is 0 Å². The van der Waals surface area contributed by atoms with Gasteiger partial charge in [-0.25, -0.2) is 0 Å². The predicted octanol–water partition coefficient (Wildman–Crippen LogP) is 0.149. The van der Waals surface area contributed by atoms with Gasteiger partial charge in [-0.2, -0.15) is 0 Å². The summed E-state index contributed by atoms with van der Waals surface area (Å²) in [7, 11) is 0. The van der Waals surface area contributed by atoms with E-state index in [0.717, 1.165) is 34.7 Å². The van der Waals surface area contributed by atoms with Crippen LogP contribution in [0.4, 0.5) is 5.69 Å². The number of nitrogens with zero attached hydrogens (tertiary/aromatic N) is 1. The minimum absolute atomic E-state index is 0.0572. The van der Waals surface area contributed by atoms with Gasteiger partial charge in [0.2, 0.25) is 0 Å². The number of amides is 1. The van der Waals surface area contributed by atoms with Crippen molar-refractivity contribution in [2.24, 2.45) is 0 Å².